The molecule has 0 aromatic carbocycles. The van der Waals surface area contributed by atoms with Gasteiger partial charge in [-0.25, -0.2) is 5.11 Å². The van der Waals surface area contributed by atoms with Gasteiger partial charge in [0.1, 0.15) is 0 Å². The maximum atomic E-state index is 11.5. The third kappa shape index (κ3) is 2.60. The summed E-state index contributed by atoms with van der Waals surface area (Å²) in [6.45, 7) is 0. The maximum absolute atomic E-state index is 11.5. The summed E-state index contributed by atoms with van der Waals surface area (Å²) in [5.41, 5.74) is 0. The minimum atomic E-state index is -4.78. The Hall–Kier alpha value is -1.53. The highest BCUT2D eigenvalue weighted by atomic mass is 19.4. The van der Waals surface area contributed by atoms with Crippen LogP contribution < -0.4 is 4.74 Å². The van der Waals surface area contributed by atoms with Crippen molar-refractivity contribution in [3.63, 3.8) is 0 Å². The predicted octanol–water partition coefficient (Wildman–Crippen LogP) is 1.52. The third-order valence-corrected chi connectivity index (χ3v) is 0.838. The summed E-state index contributed by atoms with van der Waals surface area (Å²) in [5.74, 6) is -0.609. The first kappa shape index (κ1) is 8.57. The van der Waals surface area contributed by atoms with E-state index in [0.29, 0.717) is 12.4 Å². The lowest BCUT2D eigenvalue weighted by molar-refractivity contribution is -0.274. The van der Waals surface area contributed by atoms with Crippen LogP contribution in [0.15, 0.2) is 12.4 Å². The number of nitrogens with zero attached hydrogens (tertiary/aromatic N) is 2. The Morgan fingerprint density at radius 1 is 1.25 bits per heavy atom. The molecule has 0 aliphatic rings. The van der Waals surface area contributed by atoms with Gasteiger partial charge in [-0.1, -0.05) is 0 Å². The summed E-state index contributed by atoms with van der Waals surface area (Å²) in [7, 11) is 0. The van der Waals surface area contributed by atoms with Gasteiger partial charge in [-0.2, -0.15) is 9.97 Å². The van der Waals surface area contributed by atoms with Gasteiger partial charge in [0.25, 0.3) is 0 Å². The Kier molecular flexibility index (Phi) is 2.03. The summed E-state index contributed by atoms with van der Waals surface area (Å²) in [6, 6.07) is -0.857. The van der Waals surface area contributed by atoms with Crippen LogP contribution in [0.3, 0.4) is 0 Å². The van der Waals surface area contributed by atoms with Gasteiger partial charge in [-0.05, 0) is 0 Å². The lowest BCUT2D eigenvalue weighted by atomic mass is 10.6. The number of halogens is 3. The first-order chi connectivity index (χ1) is 5.47. The number of hydrogen-bond acceptors (Lipinski definition) is 3. The van der Waals surface area contributed by atoms with Crippen molar-refractivity contribution in [2.24, 2.45) is 0 Å². The van der Waals surface area contributed by atoms with E-state index in [0.717, 1.165) is 0 Å². The molecule has 1 rings (SSSR count). The standard InChI is InChI=1S/C5H2F3N2O2/c6-5(7,8)12-3-1-9-4(11)10-2-3/h1-2H. The van der Waals surface area contributed by atoms with Gasteiger partial charge in [-0.15, -0.1) is 13.2 Å². The second kappa shape index (κ2) is 2.84. The molecule has 65 valence electrons. The lowest BCUT2D eigenvalue weighted by Crippen LogP contribution is -2.17. The van der Waals surface area contributed by atoms with Crippen molar-refractivity contribution in [3.05, 3.63) is 12.4 Å². The summed E-state index contributed by atoms with van der Waals surface area (Å²) >= 11 is 0. The van der Waals surface area contributed by atoms with Crippen LogP contribution in [0.1, 0.15) is 0 Å². The Balaban J connectivity index is 2.71. The van der Waals surface area contributed by atoms with Gasteiger partial charge in [0, 0.05) is 0 Å². The summed E-state index contributed by atoms with van der Waals surface area (Å²) < 4.78 is 37.9. The molecule has 0 unspecified atom stereocenters. The van der Waals surface area contributed by atoms with Crippen LogP contribution in [0.5, 0.6) is 11.8 Å². The maximum Gasteiger partial charge on any atom is 0.573 e. The predicted molar refractivity (Wildman–Crippen MR) is 28.8 cm³/mol. The molecular formula is C5H2F3N2O2. The van der Waals surface area contributed by atoms with Gasteiger partial charge in [-0.3, -0.25) is 0 Å². The van der Waals surface area contributed by atoms with E-state index in [-0.39, 0.29) is 0 Å². The SMILES string of the molecule is [O]c1ncc(OC(F)(F)F)cn1. The largest absolute Gasteiger partial charge is 0.573 e. The van der Waals surface area contributed by atoms with Crippen molar-refractivity contribution >= 4 is 0 Å². The molecule has 0 N–H and O–H groups in total. The molecule has 1 aromatic heterocycles. The fourth-order valence-corrected chi connectivity index (χ4v) is 0.491. The van der Waals surface area contributed by atoms with Crippen LogP contribution in [0.4, 0.5) is 13.2 Å². The number of rotatable bonds is 1. The molecule has 1 heterocycles. The zero-order valence-corrected chi connectivity index (χ0v) is 5.50. The Labute approximate surface area is 64.6 Å². The lowest BCUT2D eigenvalue weighted by Gasteiger charge is -2.06. The molecule has 12 heavy (non-hydrogen) atoms. The zero-order chi connectivity index (χ0) is 9.19. The van der Waals surface area contributed by atoms with Crippen molar-refractivity contribution in [1.29, 1.82) is 0 Å². The Morgan fingerprint density at radius 3 is 2.17 bits per heavy atom. The molecule has 1 aromatic rings. The molecule has 0 spiro atoms. The van der Waals surface area contributed by atoms with Crippen molar-refractivity contribution in [1.82, 2.24) is 9.97 Å². The minimum Gasteiger partial charge on any atom is -0.402 e. The summed E-state index contributed by atoms with van der Waals surface area (Å²) in [6.07, 6.45) is -3.47. The van der Waals surface area contributed by atoms with E-state index in [2.05, 4.69) is 14.7 Å². The fourth-order valence-electron chi connectivity index (χ4n) is 0.491. The van der Waals surface area contributed by atoms with Gasteiger partial charge >= 0.3 is 12.4 Å². The molecule has 1 radical (unpaired) electrons. The van der Waals surface area contributed by atoms with E-state index in [1.807, 2.05) is 0 Å². The van der Waals surface area contributed by atoms with Gasteiger partial charge in [0.15, 0.2) is 5.75 Å². The molecule has 0 bridgehead atoms. The van der Waals surface area contributed by atoms with Crippen molar-refractivity contribution in [3.8, 4) is 11.8 Å². The molecular weight excluding hydrogens is 177 g/mol. The van der Waals surface area contributed by atoms with E-state index in [1.165, 1.54) is 0 Å². The van der Waals surface area contributed by atoms with Gasteiger partial charge in [0.2, 0.25) is 0 Å². The number of hydrogen-bond donors (Lipinski definition) is 0. The second-order valence-electron chi connectivity index (χ2n) is 1.75. The van der Waals surface area contributed by atoms with Crippen molar-refractivity contribution in [2.45, 2.75) is 6.36 Å². The first-order valence-corrected chi connectivity index (χ1v) is 2.72. The average molecular weight is 179 g/mol. The average Bonchev–Trinajstić information content (AvgIpc) is 1.91. The van der Waals surface area contributed by atoms with Gasteiger partial charge in [0.05, 0.1) is 12.4 Å². The van der Waals surface area contributed by atoms with E-state index in [1.54, 1.807) is 0 Å². The van der Waals surface area contributed by atoms with E-state index < -0.39 is 18.1 Å². The van der Waals surface area contributed by atoms with Crippen molar-refractivity contribution in [2.75, 3.05) is 0 Å². The first-order valence-electron chi connectivity index (χ1n) is 2.72. The zero-order valence-electron chi connectivity index (χ0n) is 5.50. The van der Waals surface area contributed by atoms with Crippen LogP contribution in [-0.4, -0.2) is 16.3 Å². The van der Waals surface area contributed by atoms with Crippen LogP contribution in [0.25, 0.3) is 0 Å². The fraction of sp³-hybridized carbons (Fsp3) is 0.200. The molecule has 0 saturated carbocycles. The number of alkyl halides is 3. The number of ether oxygens (including phenoxy) is 1. The van der Waals surface area contributed by atoms with Crippen molar-refractivity contribution < 1.29 is 23.0 Å². The summed E-state index contributed by atoms with van der Waals surface area (Å²) in [5, 5.41) is 10.2. The topological polar surface area (TPSA) is 54.9 Å². The molecule has 0 aliphatic carbocycles. The highest BCUT2D eigenvalue weighted by Crippen LogP contribution is 2.21. The molecule has 0 amide bonds. The van der Waals surface area contributed by atoms with Crippen LogP contribution in [0.2, 0.25) is 0 Å². The monoisotopic (exact) mass is 179 g/mol. The quantitative estimate of drug-likeness (QED) is 0.656. The van der Waals surface area contributed by atoms with E-state index >= 15 is 0 Å². The third-order valence-electron chi connectivity index (χ3n) is 0.838. The molecule has 0 fully saturated rings. The Morgan fingerprint density at radius 2 is 1.75 bits per heavy atom. The number of aromatic nitrogens is 2. The van der Waals surface area contributed by atoms with E-state index in [9.17, 15) is 18.3 Å². The highest BCUT2D eigenvalue weighted by Gasteiger charge is 2.31. The van der Waals surface area contributed by atoms with Crippen LogP contribution in [0, 0.1) is 0 Å². The molecule has 4 nitrogen and oxygen atoms in total. The molecule has 0 saturated heterocycles. The van der Waals surface area contributed by atoms with Crippen LogP contribution in [-0.2, 0) is 5.11 Å². The highest BCUT2D eigenvalue weighted by molar-refractivity contribution is 5.13. The Bertz CT molecular complexity index is 258. The molecule has 0 aliphatic heterocycles. The second-order valence-corrected chi connectivity index (χ2v) is 1.75. The van der Waals surface area contributed by atoms with E-state index in [4.69, 9.17) is 0 Å². The minimum absolute atomic E-state index is 0.609. The van der Waals surface area contributed by atoms with Crippen LogP contribution >= 0.6 is 0 Å². The summed E-state index contributed by atoms with van der Waals surface area (Å²) in [4.78, 5) is 5.94. The normalized spacial score (nSPS) is 11.2. The smallest absolute Gasteiger partial charge is 0.402 e. The molecule has 7 heteroatoms. The molecule has 0 atom stereocenters. The van der Waals surface area contributed by atoms with Gasteiger partial charge < -0.3 is 4.74 Å².